The zero-order valence-electron chi connectivity index (χ0n) is 10.8. The van der Waals surface area contributed by atoms with Crippen molar-refractivity contribution < 1.29 is 0 Å². The molecule has 1 aromatic rings. The van der Waals surface area contributed by atoms with E-state index in [-0.39, 0.29) is 6.04 Å². The predicted molar refractivity (Wildman–Crippen MR) is 68.9 cm³/mol. The van der Waals surface area contributed by atoms with E-state index >= 15 is 0 Å². The van der Waals surface area contributed by atoms with Crippen molar-refractivity contribution in [3.05, 3.63) is 16.9 Å². The molecular formula is C12H22ClN3. The summed E-state index contributed by atoms with van der Waals surface area (Å²) in [4.78, 5) is 0. The van der Waals surface area contributed by atoms with Crippen LogP contribution in [0, 0.1) is 5.92 Å². The fourth-order valence-electron chi connectivity index (χ4n) is 1.92. The van der Waals surface area contributed by atoms with Gasteiger partial charge >= 0.3 is 0 Å². The Balaban J connectivity index is 3.11. The van der Waals surface area contributed by atoms with Gasteiger partial charge in [0.05, 0.1) is 23.0 Å². The number of nitrogens with zero attached hydrogens (tertiary/aromatic N) is 2. The summed E-state index contributed by atoms with van der Waals surface area (Å²) < 4.78 is 2.01. The first-order chi connectivity index (χ1) is 7.49. The summed E-state index contributed by atoms with van der Waals surface area (Å²) >= 11 is 6.24. The third-order valence-corrected chi connectivity index (χ3v) is 2.95. The minimum Gasteiger partial charge on any atom is -0.309 e. The predicted octanol–water partition coefficient (Wildman–Crippen LogP) is 3.42. The number of halogens is 1. The molecule has 1 N–H and O–H groups in total. The molecule has 0 amide bonds. The third-order valence-electron chi connectivity index (χ3n) is 2.66. The maximum Gasteiger partial charge on any atom is 0.0834 e. The number of rotatable bonds is 5. The van der Waals surface area contributed by atoms with Crippen LogP contribution in [0.1, 0.15) is 52.4 Å². The molecular weight excluding hydrogens is 222 g/mol. The molecule has 1 heterocycles. The fraction of sp³-hybridized carbons (Fsp3) is 0.750. The van der Waals surface area contributed by atoms with E-state index in [1.54, 1.807) is 6.20 Å². The van der Waals surface area contributed by atoms with Gasteiger partial charge in [0.15, 0.2) is 0 Å². The van der Waals surface area contributed by atoms with E-state index in [9.17, 15) is 0 Å². The molecule has 0 aliphatic rings. The second-order valence-corrected chi connectivity index (χ2v) is 5.10. The summed E-state index contributed by atoms with van der Waals surface area (Å²) in [6.07, 6.45) is 1.74. The SMILES string of the molecule is CCNC(c1c(Cl)cnn1C(C)C)C(C)C. The van der Waals surface area contributed by atoms with Crippen molar-refractivity contribution in [1.82, 2.24) is 15.1 Å². The Morgan fingerprint density at radius 3 is 2.44 bits per heavy atom. The zero-order valence-corrected chi connectivity index (χ0v) is 11.5. The van der Waals surface area contributed by atoms with Crippen molar-refractivity contribution in [3.8, 4) is 0 Å². The number of nitrogens with one attached hydrogen (secondary N) is 1. The summed E-state index contributed by atoms with van der Waals surface area (Å²) in [6, 6.07) is 0.602. The van der Waals surface area contributed by atoms with Crippen LogP contribution in [0.3, 0.4) is 0 Å². The van der Waals surface area contributed by atoms with Crippen LogP contribution in [0.4, 0.5) is 0 Å². The molecule has 4 heteroatoms. The second kappa shape index (κ2) is 5.69. The molecule has 16 heavy (non-hydrogen) atoms. The van der Waals surface area contributed by atoms with Crippen LogP contribution in [0.5, 0.6) is 0 Å². The fourth-order valence-corrected chi connectivity index (χ4v) is 2.17. The number of hydrogen-bond donors (Lipinski definition) is 1. The lowest BCUT2D eigenvalue weighted by Gasteiger charge is -2.24. The summed E-state index contributed by atoms with van der Waals surface area (Å²) in [6.45, 7) is 11.7. The molecule has 0 bridgehead atoms. The molecule has 0 aliphatic carbocycles. The van der Waals surface area contributed by atoms with Gasteiger partial charge in [-0.05, 0) is 26.3 Å². The van der Waals surface area contributed by atoms with Gasteiger partial charge in [0.2, 0.25) is 0 Å². The Labute approximate surface area is 103 Å². The lowest BCUT2D eigenvalue weighted by atomic mass is 10.0. The maximum atomic E-state index is 6.24. The van der Waals surface area contributed by atoms with Crippen LogP contribution in [0.25, 0.3) is 0 Å². The first kappa shape index (κ1) is 13.5. The third kappa shape index (κ3) is 2.77. The van der Waals surface area contributed by atoms with E-state index < -0.39 is 0 Å². The van der Waals surface area contributed by atoms with E-state index in [0.29, 0.717) is 12.0 Å². The highest BCUT2D eigenvalue weighted by molar-refractivity contribution is 6.31. The zero-order chi connectivity index (χ0) is 12.3. The van der Waals surface area contributed by atoms with Crippen molar-refractivity contribution >= 4 is 11.6 Å². The summed E-state index contributed by atoms with van der Waals surface area (Å²) in [5.74, 6) is 0.492. The molecule has 1 atom stereocenters. The Morgan fingerprint density at radius 2 is 2.00 bits per heavy atom. The van der Waals surface area contributed by atoms with Crippen LogP contribution in [0.15, 0.2) is 6.20 Å². The molecule has 3 nitrogen and oxygen atoms in total. The van der Waals surface area contributed by atoms with Gasteiger partial charge in [-0.1, -0.05) is 32.4 Å². The summed E-state index contributed by atoms with van der Waals surface area (Å²) in [7, 11) is 0. The van der Waals surface area contributed by atoms with Crippen molar-refractivity contribution in [1.29, 1.82) is 0 Å². The lowest BCUT2D eigenvalue weighted by Crippen LogP contribution is -2.28. The van der Waals surface area contributed by atoms with Crippen LogP contribution in [-0.4, -0.2) is 16.3 Å². The Kier molecular flexibility index (Phi) is 4.81. The minimum absolute atomic E-state index is 0.266. The van der Waals surface area contributed by atoms with Gasteiger partial charge in [-0.3, -0.25) is 4.68 Å². The molecule has 0 spiro atoms. The van der Waals surface area contributed by atoms with Gasteiger partial charge in [0, 0.05) is 6.04 Å². The molecule has 1 aromatic heterocycles. The summed E-state index contributed by atoms with van der Waals surface area (Å²) in [5.41, 5.74) is 1.11. The standard InChI is InChI=1S/C12H22ClN3/c1-6-14-11(8(2)3)12-10(13)7-15-16(12)9(4)5/h7-9,11,14H,6H2,1-5H3. The Hall–Kier alpha value is -0.540. The topological polar surface area (TPSA) is 29.9 Å². The number of aromatic nitrogens is 2. The maximum absolute atomic E-state index is 6.24. The van der Waals surface area contributed by atoms with E-state index in [1.165, 1.54) is 0 Å². The highest BCUT2D eigenvalue weighted by atomic mass is 35.5. The highest BCUT2D eigenvalue weighted by Crippen LogP contribution is 2.29. The molecule has 0 aliphatic heterocycles. The quantitative estimate of drug-likeness (QED) is 0.859. The van der Waals surface area contributed by atoms with Gasteiger partial charge in [-0.25, -0.2) is 0 Å². The molecule has 92 valence electrons. The molecule has 1 unspecified atom stereocenters. The molecule has 1 rings (SSSR count). The first-order valence-electron chi connectivity index (χ1n) is 5.95. The van der Waals surface area contributed by atoms with Crippen molar-refractivity contribution in [2.45, 2.75) is 46.7 Å². The lowest BCUT2D eigenvalue weighted by molar-refractivity contribution is 0.376. The smallest absolute Gasteiger partial charge is 0.0834 e. The Morgan fingerprint density at radius 1 is 1.38 bits per heavy atom. The molecule has 0 fully saturated rings. The average Bonchev–Trinajstić information content (AvgIpc) is 2.56. The van der Waals surface area contributed by atoms with E-state index in [0.717, 1.165) is 17.3 Å². The summed E-state index contributed by atoms with van der Waals surface area (Å²) in [5, 5.41) is 8.58. The van der Waals surface area contributed by atoms with Crippen molar-refractivity contribution in [2.24, 2.45) is 5.92 Å². The number of hydrogen-bond acceptors (Lipinski definition) is 2. The van der Waals surface area contributed by atoms with Gasteiger partial charge in [0.1, 0.15) is 0 Å². The van der Waals surface area contributed by atoms with Crippen LogP contribution >= 0.6 is 11.6 Å². The molecule has 0 saturated carbocycles. The molecule has 0 saturated heterocycles. The van der Waals surface area contributed by atoms with Crippen molar-refractivity contribution in [3.63, 3.8) is 0 Å². The Bertz CT molecular complexity index is 331. The van der Waals surface area contributed by atoms with E-state index in [2.05, 4.69) is 45.0 Å². The average molecular weight is 244 g/mol. The molecule has 0 radical (unpaired) electrons. The highest BCUT2D eigenvalue weighted by Gasteiger charge is 2.23. The largest absolute Gasteiger partial charge is 0.309 e. The normalized spacial score (nSPS) is 13.8. The van der Waals surface area contributed by atoms with E-state index in [1.807, 2.05) is 4.68 Å². The van der Waals surface area contributed by atoms with Crippen LogP contribution < -0.4 is 5.32 Å². The minimum atomic E-state index is 0.266. The monoisotopic (exact) mass is 243 g/mol. The van der Waals surface area contributed by atoms with Crippen LogP contribution in [0.2, 0.25) is 5.02 Å². The van der Waals surface area contributed by atoms with E-state index in [4.69, 9.17) is 11.6 Å². The van der Waals surface area contributed by atoms with Gasteiger partial charge < -0.3 is 5.32 Å². The molecule has 0 aromatic carbocycles. The van der Waals surface area contributed by atoms with Crippen molar-refractivity contribution in [2.75, 3.05) is 6.54 Å². The second-order valence-electron chi connectivity index (χ2n) is 4.70. The van der Waals surface area contributed by atoms with Crippen LogP contribution in [-0.2, 0) is 0 Å². The van der Waals surface area contributed by atoms with Gasteiger partial charge in [-0.15, -0.1) is 0 Å². The van der Waals surface area contributed by atoms with Gasteiger partial charge in [-0.2, -0.15) is 5.10 Å². The first-order valence-corrected chi connectivity index (χ1v) is 6.33. The van der Waals surface area contributed by atoms with Gasteiger partial charge in [0.25, 0.3) is 0 Å².